The van der Waals surface area contributed by atoms with Gasteiger partial charge in [-0.05, 0) is 74.2 Å². The highest BCUT2D eigenvalue weighted by Gasteiger charge is 2.21. The van der Waals surface area contributed by atoms with Crippen molar-refractivity contribution in [1.82, 2.24) is 5.32 Å². The van der Waals surface area contributed by atoms with Crippen LogP contribution < -0.4 is 15.4 Å². The summed E-state index contributed by atoms with van der Waals surface area (Å²) in [7, 11) is -3.93. The molecule has 3 aromatic carbocycles. The van der Waals surface area contributed by atoms with Gasteiger partial charge < -0.3 is 15.4 Å². The number of sulfonamides is 1. The van der Waals surface area contributed by atoms with Gasteiger partial charge in [-0.2, -0.15) is 0 Å². The summed E-state index contributed by atoms with van der Waals surface area (Å²) in [6.07, 6.45) is 1.87. The Labute approximate surface area is 211 Å². The molecular formula is C27H29N3O5S. The Morgan fingerprint density at radius 1 is 0.972 bits per heavy atom. The molecule has 0 aliphatic carbocycles. The van der Waals surface area contributed by atoms with Crippen LogP contribution in [-0.2, 0) is 14.8 Å². The predicted molar refractivity (Wildman–Crippen MR) is 139 cm³/mol. The Morgan fingerprint density at radius 2 is 1.78 bits per heavy atom. The summed E-state index contributed by atoms with van der Waals surface area (Å²) in [4.78, 5) is 25.8. The van der Waals surface area contributed by atoms with Crippen molar-refractivity contribution in [2.24, 2.45) is 0 Å². The van der Waals surface area contributed by atoms with Gasteiger partial charge in [0, 0.05) is 24.4 Å². The molecular weight excluding hydrogens is 478 g/mol. The number of rotatable bonds is 8. The molecule has 3 N–H and O–H groups in total. The van der Waals surface area contributed by atoms with Crippen LogP contribution >= 0.6 is 0 Å². The maximum Gasteiger partial charge on any atom is 0.262 e. The van der Waals surface area contributed by atoms with Crippen LogP contribution in [0.15, 0.2) is 71.6 Å². The fourth-order valence-corrected chi connectivity index (χ4v) is 5.36. The largest absolute Gasteiger partial charge is 0.376 e. The Bertz CT molecular complexity index is 1380. The number of hydrogen-bond donors (Lipinski definition) is 3. The van der Waals surface area contributed by atoms with E-state index in [-0.39, 0.29) is 22.5 Å². The highest BCUT2D eigenvalue weighted by molar-refractivity contribution is 7.92. The van der Waals surface area contributed by atoms with Crippen molar-refractivity contribution < 1.29 is 22.7 Å². The van der Waals surface area contributed by atoms with Gasteiger partial charge >= 0.3 is 0 Å². The molecule has 0 saturated carbocycles. The Kier molecular flexibility index (Phi) is 7.71. The number of hydrogen-bond acceptors (Lipinski definition) is 5. The summed E-state index contributed by atoms with van der Waals surface area (Å²) in [5, 5.41) is 5.60. The molecule has 1 saturated heterocycles. The first-order chi connectivity index (χ1) is 17.2. The van der Waals surface area contributed by atoms with Gasteiger partial charge in [0.05, 0.1) is 22.3 Å². The molecule has 8 nitrogen and oxygen atoms in total. The maximum absolute atomic E-state index is 13.1. The first-order valence-corrected chi connectivity index (χ1v) is 13.2. The second kappa shape index (κ2) is 10.9. The average molecular weight is 508 g/mol. The molecule has 2 amide bonds. The van der Waals surface area contributed by atoms with E-state index in [4.69, 9.17) is 4.74 Å². The number of ether oxygens (including phenoxy) is 1. The van der Waals surface area contributed by atoms with Crippen molar-refractivity contribution in [3.05, 3.63) is 89.0 Å². The van der Waals surface area contributed by atoms with E-state index in [1.165, 1.54) is 6.07 Å². The molecule has 0 spiro atoms. The quantitative estimate of drug-likeness (QED) is 0.422. The molecule has 1 atom stereocenters. The van der Waals surface area contributed by atoms with E-state index >= 15 is 0 Å². The minimum absolute atomic E-state index is 0.000696. The van der Waals surface area contributed by atoms with Gasteiger partial charge in [0.25, 0.3) is 21.8 Å². The van der Waals surface area contributed by atoms with Crippen molar-refractivity contribution >= 4 is 33.2 Å². The summed E-state index contributed by atoms with van der Waals surface area (Å²) >= 11 is 0. The molecule has 1 heterocycles. The van der Waals surface area contributed by atoms with Crippen molar-refractivity contribution in [3.63, 3.8) is 0 Å². The van der Waals surface area contributed by atoms with E-state index < -0.39 is 15.9 Å². The lowest BCUT2D eigenvalue weighted by molar-refractivity contribution is 0.0858. The third-order valence-corrected chi connectivity index (χ3v) is 7.47. The highest BCUT2D eigenvalue weighted by atomic mass is 32.2. The molecule has 0 bridgehead atoms. The monoisotopic (exact) mass is 507 g/mol. The van der Waals surface area contributed by atoms with Crippen LogP contribution in [0.1, 0.15) is 44.7 Å². The molecule has 4 rings (SSSR count). The zero-order valence-corrected chi connectivity index (χ0v) is 21.0. The Morgan fingerprint density at radius 3 is 2.53 bits per heavy atom. The second-order valence-electron chi connectivity index (χ2n) is 8.80. The smallest absolute Gasteiger partial charge is 0.262 e. The predicted octanol–water partition coefficient (Wildman–Crippen LogP) is 4.27. The van der Waals surface area contributed by atoms with Crippen LogP contribution in [0.5, 0.6) is 0 Å². The first-order valence-electron chi connectivity index (χ1n) is 11.7. The number of para-hydroxylation sites is 1. The number of amides is 2. The van der Waals surface area contributed by atoms with Crippen molar-refractivity contribution in [2.75, 3.05) is 23.2 Å². The zero-order chi connectivity index (χ0) is 25.7. The minimum atomic E-state index is -3.93. The van der Waals surface area contributed by atoms with E-state index in [2.05, 4.69) is 15.4 Å². The highest BCUT2D eigenvalue weighted by Crippen LogP contribution is 2.23. The van der Waals surface area contributed by atoms with Crippen molar-refractivity contribution in [2.45, 2.75) is 37.7 Å². The van der Waals surface area contributed by atoms with Crippen molar-refractivity contribution in [3.8, 4) is 0 Å². The molecule has 1 aliphatic rings. The number of carbonyl (C=O) groups is 2. The summed E-state index contributed by atoms with van der Waals surface area (Å²) in [5.74, 6) is -0.850. The number of anilines is 2. The number of carbonyl (C=O) groups excluding carboxylic acids is 2. The second-order valence-corrected chi connectivity index (χ2v) is 10.5. The summed E-state index contributed by atoms with van der Waals surface area (Å²) < 4.78 is 34.3. The molecule has 0 aromatic heterocycles. The van der Waals surface area contributed by atoms with Gasteiger partial charge in [-0.25, -0.2) is 8.42 Å². The maximum atomic E-state index is 13.1. The van der Waals surface area contributed by atoms with Gasteiger partial charge in [-0.1, -0.05) is 30.3 Å². The molecule has 188 valence electrons. The van der Waals surface area contributed by atoms with Gasteiger partial charge in [0.15, 0.2) is 0 Å². The summed E-state index contributed by atoms with van der Waals surface area (Å²) in [6.45, 7) is 4.63. The average Bonchev–Trinajstić information content (AvgIpc) is 3.36. The van der Waals surface area contributed by atoms with Crippen LogP contribution in [0.2, 0.25) is 0 Å². The van der Waals surface area contributed by atoms with Gasteiger partial charge in [0.2, 0.25) is 0 Å². The molecule has 1 aliphatic heterocycles. The summed E-state index contributed by atoms with van der Waals surface area (Å²) in [5.41, 5.74) is 2.64. The minimum Gasteiger partial charge on any atom is -0.376 e. The van der Waals surface area contributed by atoms with Gasteiger partial charge in [-0.15, -0.1) is 0 Å². The number of aryl methyl sites for hydroxylation is 2. The Balaban J connectivity index is 1.52. The molecule has 0 radical (unpaired) electrons. The standard InChI is InChI=1S/C27H29N3O5S/c1-18-7-5-8-21(15-18)30-36(33,34)25-16-20(13-12-19(25)2)26(31)29-24-11-4-3-10-23(24)27(32)28-17-22-9-6-14-35-22/h3-5,7-8,10-13,15-16,22,30H,6,9,14,17H2,1-2H3,(H,28,32)(H,29,31)/t22-/m0/s1. The van der Waals surface area contributed by atoms with E-state index in [0.717, 1.165) is 18.4 Å². The SMILES string of the molecule is Cc1cccc(NS(=O)(=O)c2cc(C(=O)Nc3ccccc3C(=O)NC[C@@H]3CCCO3)ccc2C)c1. The van der Waals surface area contributed by atoms with E-state index in [9.17, 15) is 18.0 Å². The fraction of sp³-hybridized carbons (Fsp3) is 0.259. The van der Waals surface area contributed by atoms with Crippen LogP contribution in [-0.4, -0.2) is 39.5 Å². The lowest BCUT2D eigenvalue weighted by atomic mass is 10.1. The lowest BCUT2D eigenvalue weighted by Gasteiger charge is -2.15. The first kappa shape index (κ1) is 25.4. The molecule has 0 unspecified atom stereocenters. The van der Waals surface area contributed by atoms with E-state index in [1.807, 2.05) is 13.0 Å². The van der Waals surface area contributed by atoms with Crippen LogP contribution in [0.4, 0.5) is 11.4 Å². The third-order valence-electron chi connectivity index (χ3n) is 5.94. The molecule has 9 heteroatoms. The van der Waals surface area contributed by atoms with Crippen LogP contribution in [0, 0.1) is 13.8 Å². The number of nitrogens with one attached hydrogen (secondary N) is 3. The molecule has 36 heavy (non-hydrogen) atoms. The van der Waals surface area contributed by atoms with E-state index in [1.54, 1.807) is 61.5 Å². The zero-order valence-electron chi connectivity index (χ0n) is 20.2. The Hall–Kier alpha value is -3.69. The molecule has 3 aromatic rings. The van der Waals surface area contributed by atoms with Crippen LogP contribution in [0.3, 0.4) is 0 Å². The normalized spacial score (nSPS) is 15.3. The third kappa shape index (κ3) is 6.10. The molecule has 1 fully saturated rings. The van der Waals surface area contributed by atoms with Crippen LogP contribution in [0.25, 0.3) is 0 Å². The number of benzene rings is 3. The lowest BCUT2D eigenvalue weighted by Crippen LogP contribution is -2.32. The van der Waals surface area contributed by atoms with Gasteiger partial charge in [0.1, 0.15) is 0 Å². The van der Waals surface area contributed by atoms with Crippen molar-refractivity contribution in [1.29, 1.82) is 0 Å². The summed E-state index contributed by atoms with van der Waals surface area (Å²) in [6, 6.07) is 18.2. The fourth-order valence-electron chi connectivity index (χ4n) is 4.04. The topological polar surface area (TPSA) is 114 Å². The van der Waals surface area contributed by atoms with E-state index in [0.29, 0.717) is 35.7 Å². The van der Waals surface area contributed by atoms with Gasteiger partial charge in [-0.3, -0.25) is 14.3 Å².